The van der Waals surface area contributed by atoms with Gasteiger partial charge in [-0.05, 0) is 24.5 Å². The second-order valence-corrected chi connectivity index (χ2v) is 4.33. The SMILES string of the molecule is CSc1nc2ccc(Cl)cc2c(=O)n1C. The van der Waals surface area contributed by atoms with Crippen molar-refractivity contribution in [3.63, 3.8) is 0 Å². The van der Waals surface area contributed by atoms with Gasteiger partial charge in [-0.3, -0.25) is 9.36 Å². The van der Waals surface area contributed by atoms with Crippen LogP contribution in [0.5, 0.6) is 0 Å². The van der Waals surface area contributed by atoms with Crippen molar-refractivity contribution in [1.82, 2.24) is 9.55 Å². The third kappa shape index (κ3) is 1.75. The van der Waals surface area contributed by atoms with Crippen molar-refractivity contribution in [2.45, 2.75) is 5.16 Å². The number of hydrogen-bond acceptors (Lipinski definition) is 3. The molecule has 0 aliphatic rings. The fourth-order valence-corrected chi connectivity index (χ4v) is 2.12. The number of nitrogens with zero attached hydrogens (tertiary/aromatic N) is 2. The van der Waals surface area contributed by atoms with Gasteiger partial charge in [0.25, 0.3) is 5.56 Å². The van der Waals surface area contributed by atoms with Gasteiger partial charge in [-0.1, -0.05) is 23.4 Å². The summed E-state index contributed by atoms with van der Waals surface area (Å²) in [6, 6.07) is 5.15. The number of thioether (sulfide) groups is 1. The number of rotatable bonds is 1. The van der Waals surface area contributed by atoms with E-state index in [0.717, 1.165) is 0 Å². The maximum absolute atomic E-state index is 11.9. The molecule has 1 heterocycles. The summed E-state index contributed by atoms with van der Waals surface area (Å²) >= 11 is 7.28. The van der Waals surface area contributed by atoms with Crippen molar-refractivity contribution in [3.05, 3.63) is 33.6 Å². The van der Waals surface area contributed by atoms with Gasteiger partial charge in [0.15, 0.2) is 5.16 Å². The normalized spacial score (nSPS) is 10.9. The summed E-state index contributed by atoms with van der Waals surface area (Å²) in [6.45, 7) is 0. The summed E-state index contributed by atoms with van der Waals surface area (Å²) in [6.07, 6.45) is 1.89. The zero-order valence-electron chi connectivity index (χ0n) is 8.32. The quantitative estimate of drug-likeness (QED) is 0.567. The van der Waals surface area contributed by atoms with Crippen LogP contribution in [0.2, 0.25) is 5.02 Å². The molecule has 0 bridgehead atoms. The van der Waals surface area contributed by atoms with Gasteiger partial charge in [-0.2, -0.15) is 0 Å². The van der Waals surface area contributed by atoms with E-state index >= 15 is 0 Å². The lowest BCUT2D eigenvalue weighted by atomic mass is 10.2. The predicted octanol–water partition coefficient (Wildman–Crippen LogP) is 2.31. The Kier molecular flexibility index (Phi) is 2.71. The highest BCUT2D eigenvalue weighted by Crippen LogP contribution is 2.17. The van der Waals surface area contributed by atoms with Gasteiger partial charge in [0, 0.05) is 12.1 Å². The molecule has 0 atom stereocenters. The molecule has 0 saturated heterocycles. The van der Waals surface area contributed by atoms with E-state index in [-0.39, 0.29) is 5.56 Å². The summed E-state index contributed by atoms with van der Waals surface area (Å²) in [5.74, 6) is 0. The average molecular weight is 241 g/mol. The number of halogens is 1. The van der Waals surface area contributed by atoms with Crippen LogP contribution >= 0.6 is 23.4 Å². The number of benzene rings is 1. The van der Waals surface area contributed by atoms with Crippen molar-refractivity contribution in [3.8, 4) is 0 Å². The van der Waals surface area contributed by atoms with Gasteiger partial charge in [0.2, 0.25) is 0 Å². The number of hydrogen-bond donors (Lipinski definition) is 0. The third-order valence-corrected chi connectivity index (χ3v) is 3.14. The molecule has 0 fully saturated rings. The van der Waals surface area contributed by atoms with Crippen LogP contribution in [0.15, 0.2) is 28.2 Å². The molecule has 0 aliphatic heterocycles. The van der Waals surface area contributed by atoms with Crippen molar-refractivity contribution in [2.75, 3.05) is 6.26 Å². The molecule has 2 aromatic rings. The molecule has 0 unspecified atom stereocenters. The third-order valence-electron chi connectivity index (χ3n) is 2.18. The van der Waals surface area contributed by atoms with Crippen molar-refractivity contribution < 1.29 is 0 Å². The highest BCUT2D eigenvalue weighted by atomic mass is 35.5. The average Bonchev–Trinajstić information content (AvgIpc) is 2.24. The molecule has 78 valence electrons. The molecule has 2 rings (SSSR count). The maximum Gasteiger partial charge on any atom is 0.261 e. The topological polar surface area (TPSA) is 34.9 Å². The first kappa shape index (κ1) is 10.5. The van der Waals surface area contributed by atoms with Crippen molar-refractivity contribution in [2.24, 2.45) is 7.05 Å². The summed E-state index contributed by atoms with van der Waals surface area (Å²) < 4.78 is 1.53. The van der Waals surface area contributed by atoms with Gasteiger partial charge < -0.3 is 0 Å². The monoisotopic (exact) mass is 240 g/mol. The fourth-order valence-electron chi connectivity index (χ4n) is 1.41. The summed E-state index contributed by atoms with van der Waals surface area (Å²) in [5.41, 5.74) is 0.624. The smallest absolute Gasteiger partial charge is 0.261 e. The minimum Gasteiger partial charge on any atom is -0.290 e. The second kappa shape index (κ2) is 3.87. The number of fused-ring (bicyclic) bond motifs is 1. The molecule has 1 aromatic carbocycles. The Morgan fingerprint density at radius 3 is 2.87 bits per heavy atom. The summed E-state index contributed by atoms with van der Waals surface area (Å²) in [5, 5.41) is 1.82. The van der Waals surface area contributed by atoms with Crippen molar-refractivity contribution in [1.29, 1.82) is 0 Å². The Morgan fingerprint density at radius 2 is 2.20 bits per heavy atom. The Labute approximate surface area is 96.1 Å². The first-order chi connectivity index (χ1) is 7.13. The summed E-state index contributed by atoms with van der Waals surface area (Å²) in [4.78, 5) is 16.3. The Balaban J connectivity index is 2.91. The van der Waals surface area contributed by atoms with Gasteiger partial charge in [0.05, 0.1) is 10.9 Å². The first-order valence-electron chi connectivity index (χ1n) is 4.34. The van der Waals surface area contributed by atoms with E-state index in [1.54, 1.807) is 25.2 Å². The lowest BCUT2D eigenvalue weighted by Gasteiger charge is -2.06. The van der Waals surface area contributed by atoms with Crippen LogP contribution in [0.1, 0.15) is 0 Å². The van der Waals surface area contributed by atoms with E-state index in [0.29, 0.717) is 21.1 Å². The first-order valence-corrected chi connectivity index (χ1v) is 5.94. The zero-order chi connectivity index (χ0) is 11.0. The zero-order valence-corrected chi connectivity index (χ0v) is 9.89. The van der Waals surface area contributed by atoms with Gasteiger partial charge in [0.1, 0.15) is 0 Å². The molecule has 3 nitrogen and oxygen atoms in total. The largest absolute Gasteiger partial charge is 0.290 e. The van der Waals surface area contributed by atoms with E-state index < -0.39 is 0 Å². The van der Waals surface area contributed by atoms with Crippen LogP contribution < -0.4 is 5.56 Å². The Hall–Kier alpha value is -1.00. The maximum atomic E-state index is 11.9. The van der Waals surface area contributed by atoms with E-state index in [9.17, 15) is 4.79 Å². The van der Waals surface area contributed by atoms with E-state index in [2.05, 4.69) is 4.98 Å². The van der Waals surface area contributed by atoms with E-state index in [4.69, 9.17) is 11.6 Å². The molecule has 0 aliphatic carbocycles. The van der Waals surface area contributed by atoms with Crippen molar-refractivity contribution >= 4 is 34.3 Å². The second-order valence-electron chi connectivity index (χ2n) is 3.12. The minimum atomic E-state index is -0.0631. The Bertz CT molecular complexity index is 579. The van der Waals surface area contributed by atoms with Gasteiger partial charge >= 0.3 is 0 Å². The standard InChI is InChI=1S/C10H9ClN2OS/c1-13-9(14)7-5-6(11)3-4-8(7)12-10(13)15-2/h3-5H,1-2H3. The van der Waals surface area contributed by atoms with Crippen LogP contribution in [0.4, 0.5) is 0 Å². The van der Waals surface area contributed by atoms with Crippen LogP contribution in [-0.2, 0) is 7.05 Å². The highest BCUT2D eigenvalue weighted by Gasteiger charge is 2.07. The molecule has 1 aromatic heterocycles. The molecule has 0 amide bonds. The highest BCUT2D eigenvalue weighted by molar-refractivity contribution is 7.98. The van der Waals surface area contributed by atoms with Gasteiger partial charge in [-0.15, -0.1) is 0 Å². The van der Waals surface area contributed by atoms with E-state index in [1.807, 2.05) is 6.26 Å². The molecule has 0 saturated carbocycles. The minimum absolute atomic E-state index is 0.0631. The lowest BCUT2D eigenvalue weighted by Crippen LogP contribution is -2.19. The van der Waals surface area contributed by atoms with Crippen LogP contribution in [0.25, 0.3) is 10.9 Å². The van der Waals surface area contributed by atoms with Crippen LogP contribution in [-0.4, -0.2) is 15.8 Å². The van der Waals surface area contributed by atoms with Gasteiger partial charge in [-0.25, -0.2) is 4.98 Å². The summed E-state index contributed by atoms with van der Waals surface area (Å²) in [7, 11) is 1.71. The molecule has 15 heavy (non-hydrogen) atoms. The molecule has 0 radical (unpaired) electrons. The predicted molar refractivity (Wildman–Crippen MR) is 63.8 cm³/mol. The van der Waals surface area contributed by atoms with E-state index in [1.165, 1.54) is 16.3 Å². The van der Waals surface area contributed by atoms with Crippen LogP contribution in [0.3, 0.4) is 0 Å². The molecule has 0 N–H and O–H groups in total. The molecule has 5 heteroatoms. The lowest BCUT2D eigenvalue weighted by molar-refractivity contribution is 0.727. The Morgan fingerprint density at radius 1 is 1.47 bits per heavy atom. The van der Waals surface area contributed by atoms with Crippen LogP contribution in [0, 0.1) is 0 Å². The molecule has 0 spiro atoms. The molecular formula is C10H9ClN2OS. The molecular weight excluding hydrogens is 232 g/mol. The fraction of sp³-hybridized carbons (Fsp3) is 0.200. The number of aromatic nitrogens is 2.